The van der Waals surface area contributed by atoms with Gasteiger partial charge in [0.25, 0.3) is 0 Å². The average Bonchev–Trinajstić information content (AvgIpc) is 3.06. The van der Waals surface area contributed by atoms with Crippen LogP contribution in [0.3, 0.4) is 0 Å². The van der Waals surface area contributed by atoms with Crippen molar-refractivity contribution in [3.63, 3.8) is 0 Å². The molecule has 2 aromatic heterocycles. The maximum absolute atomic E-state index is 10.7. The summed E-state index contributed by atoms with van der Waals surface area (Å²) in [5, 5.41) is 26.1. The summed E-state index contributed by atoms with van der Waals surface area (Å²) in [6.07, 6.45) is 1.61. The number of nitrogens with one attached hydrogen (secondary N) is 2. The molecule has 1 aromatic carbocycles. The van der Waals surface area contributed by atoms with Crippen molar-refractivity contribution in [3.8, 4) is 0 Å². The number of nitrogens with zero attached hydrogens (tertiary/aromatic N) is 1. The molecule has 0 saturated heterocycles. The van der Waals surface area contributed by atoms with E-state index in [2.05, 4.69) is 15.6 Å². The van der Waals surface area contributed by atoms with Gasteiger partial charge < -0.3 is 20.8 Å². The lowest BCUT2D eigenvalue weighted by Gasteiger charge is -2.09. The van der Waals surface area contributed by atoms with Gasteiger partial charge in [-0.15, -0.1) is 11.3 Å². The van der Waals surface area contributed by atoms with Crippen molar-refractivity contribution in [2.24, 2.45) is 0 Å². The van der Waals surface area contributed by atoms with Crippen LogP contribution in [-0.4, -0.2) is 39.2 Å². The SMILES string of the molecule is C[C@H](Nc1ccccn1)C(=O)O.C[C@H](Nc1csc2ccccc12)C(=O)O. The van der Waals surface area contributed by atoms with Crippen molar-refractivity contribution in [1.82, 2.24) is 4.98 Å². The van der Waals surface area contributed by atoms with Gasteiger partial charge in [-0.25, -0.2) is 4.98 Å². The highest BCUT2D eigenvalue weighted by Crippen LogP contribution is 2.30. The number of carbonyl (C=O) groups is 2. The molecule has 2 heterocycles. The Kier molecular flexibility index (Phi) is 7.13. The molecule has 0 aliphatic rings. The summed E-state index contributed by atoms with van der Waals surface area (Å²) in [6.45, 7) is 3.20. The monoisotopic (exact) mass is 387 g/mol. The van der Waals surface area contributed by atoms with Crippen LogP contribution in [0.15, 0.2) is 54.0 Å². The number of anilines is 2. The first kappa shape index (κ1) is 20.2. The molecular weight excluding hydrogens is 366 g/mol. The summed E-state index contributed by atoms with van der Waals surface area (Å²) in [5.41, 5.74) is 0.894. The number of aliphatic carboxylic acids is 2. The third kappa shape index (κ3) is 5.96. The van der Waals surface area contributed by atoms with Crippen molar-refractivity contribution in [3.05, 3.63) is 54.0 Å². The third-order valence-electron chi connectivity index (χ3n) is 3.62. The van der Waals surface area contributed by atoms with E-state index in [1.165, 1.54) is 0 Å². The zero-order valence-electron chi connectivity index (χ0n) is 14.9. The summed E-state index contributed by atoms with van der Waals surface area (Å²) in [4.78, 5) is 25.0. The number of pyridine rings is 1. The Labute approximate surface area is 160 Å². The van der Waals surface area contributed by atoms with E-state index in [1.54, 1.807) is 49.6 Å². The Morgan fingerprint density at radius 3 is 2.22 bits per heavy atom. The van der Waals surface area contributed by atoms with Gasteiger partial charge >= 0.3 is 11.9 Å². The number of carboxylic acids is 2. The molecule has 2 atom stereocenters. The second kappa shape index (κ2) is 9.54. The van der Waals surface area contributed by atoms with Crippen molar-refractivity contribution >= 4 is 44.9 Å². The van der Waals surface area contributed by atoms with E-state index in [9.17, 15) is 9.59 Å². The van der Waals surface area contributed by atoms with Crippen LogP contribution < -0.4 is 10.6 Å². The van der Waals surface area contributed by atoms with Crippen molar-refractivity contribution in [2.75, 3.05) is 10.6 Å². The minimum Gasteiger partial charge on any atom is -0.480 e. The summed E-state index contributed by atoms with van der Waals surface area (Å²) in [6, 6.07) is 12.1. The fourth-order valence-corrected chi connectivity index (χ4v) is 3.02. The summed E-state index contributed by atoms with van der Waals surface area (Å²) in [7, 11) is 0. The first-order valence-corrected chi connectivity index (χ1v) is 9.12. The van der Waals surface area contributed by atoms with Crippen LogP contribution >= 0.6 is 11.3 Å². The molecule has 0 radical (unpaired) electrons. The van der Waals surface area contributed by atoms with Gasteiger partial charge in [0.15, 0.2) is 0 Å². The standard InChI is InChI=1S/C11H11NO2S.C8H10N2O2/c1-7(11(13)14)12-9-6-15-10-5-3-2-4-8(9)10;1-6(8(11)12)10-7-4-2-3-5-9-7/h2-7,12H,1H3,(H,13,14);2-6H,1H3,(H,9,10)(H,11,12)/t7-;6-/m00/s1. The topological polar surface area (TPSA) is 112 Å². The second-order valence-corrected chi connectivity index (χ2v) is 6.68. The number of fused-ring (bicyclic) bond motifs is 1. The maximum atomic E-state index is 10.7. The lowest BCUT2D eigenvalue weighted by molar-refractivity contribution is -0.138. The average molecular weight is 387 g/mol. The van der Waals surface area contributed by atoms with Gasteiger partial charge in [-0.2, -0.15) is 0 Å². The number of hydrogen-bond donors (Lipinski definition) is 4. The van der Waals surface area contributed by atoms with Gasteiger partial charge in [-0.1, -0.05) is 24.3 Å². The van der Waals surface area contributed by atoms with Gasteiger partial charge in [-0.3, -0.25) is 9.59 Å². The van der Waals surface area contributed by atoms with Crippen LogP contribution in [0.25, 0.3) is 10.1 Å². The van der Waals surface area contributed by atoms with E-state index in [1.807, 2.05) is 29.6 Å². The predicted octanol–water partition coefficient (Wildman–Crippen LogP) is 3.75. The Balaban J connectivity index is 0.000000199. The summed E-state index contributed by atoms with van der Waals surface area (Å²) in [5.74, 6) is -1.15. The van der Waals surface area contributed by atoms with Crippen molar-refractivity contribution in [2.45, 2.75) is 25.9 Å². The quantitative estimate of drug-likeness (QED) is 0.509. The lowest BCUT2D eigenvalue weighted by atomic mass is 10.2. The van der Waals surface area contributed by atoms with E-state index in [0.717, 1.165) is 15.8 Å². The lowest BCUT2D eigenvalue weighted by Crippen LogP contribution is -2.25. The molecule has 142 valence electrons. The number of rotatable bonds is 6. The first-order valence-electron chi connectivity index (χ1n) is 8.24. The van der Waals surface area contributed by atoms with Gasteiger partial charge in [0, 0.05) is 21.7 Å². The molecule has 0 unspecified atom stereocenters. The van der Waals surface area contributed by atoms with Crippen LogP contribution in [0.2, 0.25) is 0 Å². The minimum atomic E-state index is -0.888. The van der Waals surface area contributed by atoms with Crippen LogP contribution in [0.5, 0.6) is 0 Å². The normalized spacial score (nSPS) is 12.4. The zero-order valence-corrected chi connectivity index (χ0v) is 15.7. The fraction of sp³-hybridized carbons (Fsp3) is 0.211. The molecule has 7 nitrogen and oxygen atoms in total. The molecule has 0 aliphatic carbocycles. The van der Waals surface area contributed by atoms with Gasteiger partial charge in [0.05, 0.1) is 5.69 Å². The fourth-order valence-electron chi connectivity index (χ4n) is 2.12. The Bertz CT molecular complexity index is 898. The molecule has 3 aromatic rings. The number of benzene rings is 1. The molecule has 0 amide bonds. The summed E-state index contributed by atoms with van der Waals surface area (Å²) >= 11 is 1.61. The number of hydrogen-bond acceptors (Lipinski definition) is 6. The predicted molar refractivity (Wildman–Crippen MR) is 108 cm³/mol. The van der Waals surface area contributed by atoms with E-state index in [4.69, 9.17) is 10.2 Å². The molecule has 0 bridgehead atoms. The smallest absolute Gasteiger partial charge is 0.325 e. The number of carboxylic acid groups (broad SMARTS) is 2. The molecule has 0 aliphatic heterocycles. The van der Waals surface area contributed by atoms with Crippen molar-refractivity contribution in [1.29, 1.82) is 0 Å². The first-order chi connectivity index (χ1) is 12.9. The maximum Gasteiger partial charge on any atom is 0.325 e. The Morgan fingerprint density at radius 2 is 1.59 bits per heavy atom. The molecule has 0 saturated carbocycles. The molecule has 0 spiro atoms. The highest BCUT2D eigenvalue weighted by Gasteiger charge is 2.12. The summed E-state index contributed by atoms with van der Waals surface area (Å²) < 4.78 is 1.16. The van der Waals surface area contributed by atoms with E-state index in [0.29, 0.717) is 5.82 Å². The number of thiophene rings is 1. The van der Waals surface area contributed by atoms with Crippen molar-refractivity contribution < 1.29 is 19.8 Å². The largest absolute Gasteiger partial charge is 0.480 e. The van der Waals surface area contributed by atoms with Gasteiger partial charge in [0.1, 0.15) is 17.9 Å². The van der Waals surface area contributed by atoms with Crippen LogP contribution in [-0.2, 0) is 9.59 Å². The van der Waals surface area contributed by atoms with Crippen LogP contribution in [0, 0.1) is 0 Å². The molecular formula is C19H21N3O4S. The van der Waals surface area contributed by atoms with Gasteiger partial charge in [0.2, 0.25) is 0 Å². The zero-order chi connectivity index (χ0) is 19.8. The van der Waals surface area contributed by atoms with Gasteiger partial charge in [-0.05, 0) is 32.0 Å². The Morgan fingerprint density at radius 1 is 0.963 bits per heavy atom. The molecule has 3 rings (SSSR count). The second-order valence-electron chi connectivity index (χ2n) is 5.77. The highest BCUT2D eigenvalue weighted by atomic mass is 32.1. The van der Waals surface area contributed by atoms with E-state index >= 15 is 0 Å². The Hall–Kier alpha value is -3.13. The third-order valence-corrected chi connectivity index (χ3v) is 4.59. The number of aromatic nitrogens is 1. The van der Waals surface area contributed by atoms with E-state index in [-0.39, 0.29) is 0 Å². The highest BCUT2D eigenvalue weighted by molar-refractivity contribution is 7.17. The molecule has 8 heteroatoms. The molecule has 27 heavy (non-hydrogen) atoms. The van der Waals surface area contributed by atoms with E-state index < -0.39 is 24.0 Å². The van der Waals surface area contributed by atoms with Crippen LogP contribution in [0.1, 0.15) is 13.8 Å². The molecule has 4 N–H and O–H groups in total. The van der Waals surface area contributed by atoms with Crippen LogP contribution in [0.4, 0.5) is 11.5 Å². The molecule has 0 fully saturated rings. The minimum absolute atomic E-state index is 0.567.